The average Bonchev–Trinajstić information content (AvgIpc) is 2.69. The summed E-state index contributed by atoms with van der Waals surface area (Å²) < 4.78 is 0. The molecule has 20 heavy (non-hydrogen) atoms. The molecule has 0 unspecified atom stereocenters. The normalized spacial score (nSPS) is 17.0. The molecule has 1 aromatic heterocycles. The molecule has 1 aromatic carbocycles. The van der Waals surface area contributed by atoms with Gasteiger partial charge in [0.05, 0.1) is 17.6 Å². The largest absolute Gasteiger partial charge is 0.349 e. The molecule has 0 radical (unpaired) electrons. The summed E-state index contributed by atoms with van der Waals surface area (Å²) in [6, 6.07) is 7.92. The first-order valence-electron chi connectivity index (χ1n) is 7.54. The first kappa shape index (κ1) is 13.2. The van der Waals surface area contributed by atoms with E-state index in [1.807, 2.05) is 24.3 Å². The quantitative estimate of drug-likeness (QED) is 0.842. The molecular weight excluding hydrogens is 250 g/mol. The van der Waals surface area contributed by atoms with Crippen LogP contribution in [0, 0.1) is 5.92 Å². The highest BCUT2D eigenvalue weighted by Gasteiger charge is 2.19. The standard InChI is InChI=1S/C16H21N3O/c20-16(12-7-3-1-2-4-8-12)17-11-15-18-13-9-5-6-10-14(13)19-15/h5-6,9-10,12H,1-4,7-8,11H2,(H,17,20)(H,18,19). The van der Waals surface area contributed by atoms with E-state index in [2.05, 4.69) is 15.3 Å². The minimum Gasteiger partial charge on any atom is -0.349 e. The van der Waals surface area contributed by atoms with E-state index in [1.54, 1.807) is 0 Å². The summed E-state index contributed by atoms with van der Waals surface area (Å²) in [5, 5.41) is 3.02. The van der Waals surface area contributed by atoms with Gasteiger partial charge in [-0.05, 0) is 25.0 Å². The number of hydrogen-bond donors (Lipinski definition) is 2. The number of amides is 1. The first-order valence-corrected chi connectivity index (χ1v) is 7.54. The van der Waals surface area contributed by atoms with Crippen LogP contribution in [0.25, 0.3) is 11.0 Å². The van der Waals surface area contributed by atoms with E-state index in [0.717, 1.165) is 29.7 Å². The van der Waals surface area contributed by atoms with E-state index in [-0.39, 0.29) is 11.8 Å². The van der Waals surface area contributed by atoms with E-state index in [1.165, 1.54) is 25.7 Å². The summed E-state index contributed by atoms with van der Waals surface area (Å²) in [4.78, 5) is 19.9. The molecule has 0 atom stereocenters. The molecule has 1 fully saturated rings. The predicted octanol–water partition coefficient (Wildman–Crippen LogP) is 3.15. The maximum Gasteiger partial charge on any atom is 0.223 e. The van der Waals surface area contributed by atoms with Gasteiger partial charge in [0, 0.05) is 5.92 Å². The van der Waals surface area contributed by atoms with Crippen molar-refractivity contribution in [3.8, 4) is 0 Å². The van der Waals surface area contributed by atoms with Gasteiger partial charge in [-0.1, -0.05) is 37.8 Å². The molecule has 1 heterocycles. The van der Waals surface area contributed by atoms with Crippen molar-refractivity contribution in [2.24, 2.45) is 5.92 Å². The Morgan fingerprint density at radius 3 is 2.70 bits per heavy atom. The van der Waals surface area contributed by atoms with Crippen molar-refractivity contribution in [2.45, 2.75) is 45.1 Å². The van der Waals surface area contributed by atoms with Gasteiger partial charge in [0.15, 0.2) is 0 Å². The Morgan fingerprint density at radius 2 is 1.95 bits per heavy atom. The van der Waals surface area contributed by atoms with Gasteiger partial charge in [-0.25, -0.2) is 4.98 Å². The smallest absolute Gasteiger partial charge is 0.223 e. The number of fused-ring (bicyclic) bond motifs is 1. The molecule has 0 bridgehead atoms. The molecule has 106 valence electrons. The van der Waals surface area contributed by atoms with Crippen molar-refractivity contribution in [3.05, 3.63) is 30.1 Å². The first-order chi connectivity index (χ1) is 9.83. The van der Waals surface area contributed by atoms with E-state index in [0.29, 0.717) is 6.54 Å². The molecule has 0 saturated heterocycles. The zero-order chi connectivity index (χ0) is 13.8. The maximum atomic E-state index is 12.2. The number of aromatic nitrogens is 2. The number of hydrogen-bond acceptors (Lipinski definition) is 2. The third-order valence-corrected chi connectivity index (χ3v) is 4.09. The van der Waals surface area contributed by atoms with Gasteiger partial charge in [0.2, 0.25) is 5.91 Å². The molecule has 2 N–H and O–H groups in total. The third-order valence-electron chi connectivity index (χ3n) is 4.09. The second-order valence-corrected chi connectivity index (χ2v) is 5.61. The summed E-state index contributed by atoms with van der Waals surface area (Å²) in [6.07, 6.45) is 6.98. The second-order valence-electron chi connectivity index (χ2n) is 5.61. The fourth-order valence-corrected chi connectivity index (χ4v) is 2.95. The SMILES string of the molecule is O=C(NCc1nc2ccccc2[nH]1)C1CCCCCC1. The number of H-pyrrole nitrogens is 1. The van der Waals surface area contributed by atoms with E-state index < -0.39 is 0 Å². The van der Waals surface area contributed by atoms with E-state index in [4.69, 9.17) is 0 Å². The minimum absolute atomic E-state index is 0.187. The monoisotopic (exact) mass is 271 g/mol. The van der Waals surface area contributed by atoms with Crippen LogP contribution in [0.4, 0.5) is 0 Å². The predicted molar refractivity (Wildman–Crippen MR) is 79.1 cm³/mol. The number of nitrogens with one attached hydrogen (secondary N) is 2. The molecule has 1 aliphatic rings. The van der Waals surface area contributed by atoms with Crippen LogP contribution in [0.15, 0.2) is 24.3 Å². The van der Waals surface area contributed by atoms with Crippen LogP contribution >= 0.6 is 0 Å². The lowest BCUT2D eigenvalue weighted by Crippen LogP contribution is -2.30. The molecule has 1 amide bonds. The average molecular weight is 271 g/mol. The molecule has 4 nitrogen and oxygen atoms in total. The molecule has 1 saturated carbocycles. The van der Waals surface area contributed by atoms with Gasteiger partial charge in [-0.3, -0.25) is 4.79 Å². The number of para-hydroxylation sites is 2. The van der Waals surface area contributed by atoms with Gasteiger partial charge in [-0.2, -0.15) is 0 Å². The van der Waals surface area contributed by atoms with Gasteiger partial charge >= 0.3 is 0 Å². The zero-order valence-electron chi connectivity index (χ0n) is 11.7. The number of imidazole rings is 1. The molecule has 0 spiro atoms. The molecule has 0 aliphatic heterocycles. The van der Waals surface area contributed by atoms with Gasteiger partial charge in [-0.15, -0.1) is 0 Å². The Kier molecular flexibility index (Phi) is 4.00. The summed E-state index contributed by atoms with van der Waals surface area (Å²) in [7, 11) is 0. The molecule has 4 heteroatoms. The van der Waals surface area contributed by atoms with Crippen molar-refractivity contribution >= 4 is 16.9 Å². The van der Waals surface area contributed by atoms with Crippen LogP contribution in [0.3, 0.4) is 0 Å². The topological polar surface area (TPSA) is 57.8 Å². The highest BCUT2D eigenvalue weighted by molar-refractivity contribution is 5.79. The molecule has 3 rings (SSSR count). The lowest BCUT2D eigenvalue weighted by molar-refractivity contribution is -0.125. The number of nitrogens with zero attached hydrogens (tertiary/aromatic N) is 1. The Balaban J connectivity index is 1.59. The maximum absolute atomic E-state index is 12.2. The highest BCUT2D eigenvalue weighted by Crippen LogP contribution is 2.23. The Morgan fingerprint density at radius 1 is 1.20 bits per heavy atom. The van der Waals surface area contributed by atoms with Crippen LogP contribution in [-0.4, -0.2) is 15.9 Å². The molecule has 1 aliphatic carbocycles. The Bertz CT molecular complexity index is 549. The number of benzene rings is 1. The summed E-state index contributed by atoms with van der Waals surface area (Å²) in [5.41, 5.74) is 1.97. The Labute approximate surface area is 119 Å². The number of rotatable bonds is 3. The van der Waals surface area contributed by atoms with Crippen LogP contribution in [-0.2, 0) is 11.3 Å². The van der Waals surface area contributed by atoms with Gasteiger partial charge in [0.1, 0.15) is 5.82 Å². The summed E-state index contributed by atoms with van der Waals surface area (Å²) >= 11 is 0. The number of carbonyl (C=O) groups is 1. The minimum atomic E-state index is 0.187. The lowest BCUT2D eigenvalue weighted by Gasteiger charge is -2.13. The second kappa shape index (κ2) is 6.07. The highest BCUT2D eigenvalue weighted by atomic mass is 16.1. The number of aromatic amines is 1. The van der Waals surface area contributed by atoms with Crippen molar-refractivity contribution in [2.75, 3.05) is 0 Å². The van der Waals surface area contributed by atoms with Crippen LogP contribution in [0.1, 0.15) is 44.3 Å². The number of carbonyl (C=O) groups excluding carboxylic acids is 1. The van der Waals surface area contributed by atoms with Gasteiger partial charge in [0.25, 0.3) is 0 Å². The molecule has 2 aromatic rings. The van der Waals surface area contributed by atoms with Crippen molar-refractivity contribution < 1.29 is 4.79 Å². The van der Waals surface area contributed by atoms with Crippen LogP contribution < -0.4 is 5.32 Å². The fraction of sp³-hybridized carbons (Fsp3) is 0.500. The van der Waals surface area contributed by atoms with Crippen molar-refractivity contribution in [1.82, 2.24) is 15.3 Å². The van der Waals surface area contributed by atoms with Crippen molar-refractivity contribution in [3.63, 3.8) is 0 Å². The zero-order valence-corrected chi connectivity index (χ0v) is 11.7. The summed E-state index contributed by atoms with van der Waals surface area (Å²) in [6.45, 7) is 0.490. The van der Waals surface area contributed by atoms with E-state index >= 15 is 0 Å². The van der Waals surface area contributed by atoms with Crippen LogP contribution in [0.2, 0.25) is 0 Å². The summed E-state index contributed by atoms with van der Waals surface area (Å²) in [5.74, 6) is 1.21. The van der Waals surface area contributed by atoms with Gasteiger partial charge < -0.3 is 10.3 Å². The van der Waals surface area contributed by atoms with Crippen molar-refractivity contribution in [1.29, 1.82) is 0 Å². The molecular formula is C16H21N3O. The van der Waals surface area contributed by atoms with Crippen LogP contribution in [0.5, 0.6) is 0 Å². The van der Waals surface area contributed by atoms with E-state index in [9.17, 15) is 4.79 Å². The lowest BCUT2D eigenvalue weighted by atomic mass is 9.99. The third kappa shape index (κ3) is 3.00. The Hall–Kier alpha value is -1.84. The fourth-order valence-electron chi connectivity index (χ4n) is 2.95.